The number of rotatable bonds is 7. The second-order valence-electron chi connectivity index (χ2n) is 6.93. The molecule has 0 bridgehead atoms. The minimum atomic E-state index is -3.38. The number of fused-ring (bicyclic) bond motifs is 2. The first kappa shape index (κ1) is 23.4. The van der Waals surface area contributed by atoms with Crippen molar-refractivity contribution in [1.29, 1.82) is 0 Å². The lowest BCUT2D eigenvalue weighted by molar-refractivity contribution is 0.415. The average Bonchev–Trinajstić information content (AvgIpc) is 2.79. The third-order valence-electron chi connectivity index (χ3n) is 5.00. The van der Waals surface area contributed by atoms with Crippen molar-refractivity contribution in [2.45, 2.75) is 6.92 Å². The molecule has 0 amide bonds. The van der Waals surface area contributed by atoms with Gasteiger partial charge < -0.3 is 14.8 Å². The Bertz CT molecular complexity index is 1380. The molecule has 168 valence electrons. The molecule has 1 heterocycles. The standard InChI is InChI=1S/C23H23N3O4S.ClH/c1-4-31(27,28)26-15-9-12-20(22(13-15)30-3)25-23-17-7-5-6-8-19(17)24-21-14-16(29-2)10-11-18(21)23;/h5-14,26H,4H2,1-3H3,(H,24,25);1H. The van der Waals surface area contributed by atoms with Gasteiger partial charge in [0.25, 0.3) is 0 Å². The van der Waals surface area contributed by atoms with Crippen LogP contribution in [0.4, 0.5) is 17.1 Å². The van der Waals surface area contributed by atoms with Gasteiger partial charge in [-0.3, -0.25) is 4.72 Å². The molecule has 0 fully saturated rings. The van der Waals surface area contributed by atoms with Crippen LogP contribution >= 0.6 is 12.4 Å². The van der Waals surface area contributed by atoms with Crippen molar-refractivity contribution in [2.24, 2.45) is 0 Å². The van der Waals surface area contributed by atoms with Gasteiger partial charge in [0, 0.05) is 22.9 Å². The second-order valence-corrected chi connectivity index (χ2v) is 8.94. The molecule has 9 heteroatoms. The summed E-state index contributed by atoms with van der Waals surface area (Å²) in [4.78, 5) is 4.77. The Balaban J connectivity index is 0.00000289. The third kappa shape index (κ3) is 4.66. The number of hydrogen-bond acceptors (Lipinski definition) is 6. The van der Waals surface area contributed by atoms with Gasteiger partial charge in [-0.2, -0.15) is 0 Å². The fourth-order valence-electron chi connectivity index (χ4n) is 3.38. The molecule has 2 N–H and O–H groups in total. The highest BCUT2D eigenvalue weighted by Crippen LogP contribution is 2.38. The van der Waals surface area contributed by atoms with Gasteiger partial charge in [-0.05, 0) is 37.3 Å². The van der Waals surface area contributed by atoms with Crippen LogP contribution in [0.1, 0.15) is 6.92 Å². The van der Waals surface area contributed by atoms with Crippen molar-refractivity contribution in [3.63, 3.8) is 0 Å². The van der Waals surface area contributed by atoms with E-state index in [-0.39, 0.29) is 18.2 Å². The van der Waals surface area contributed by atoms with E-state index in [0.717, 1.165) is 33.2 Å². The van der Waals surface area contributed by atoms with Crippen LogP contribution in [0.5, 0.6) is 11.5 Å². The number of aromatic nitrogens is 1. The molecule has 1 aromatic heterocycles. The van der Waals surface area contributed by atoms with Gasteiger partial charge in [0.2, 0.25) is 10.0 Å². The number of sulfonamides is 1. The highest BCUT2D eigenvalue weighted by molar-refractivity contribution is 7.92. The molecule has 3 aromatic carbocycles. The number of hydrogen-bond donors (Lipinski definition) is 2. The Hall–Kier alpha value is -3.23. The molecule has 0 saturated heterocycles. The van der Waals surface area contributed by atoms with Gasteiger partial charge in [0.1, 0.15) is 11.5 Å². The zero-order valence-electron chi connectivity index (χ0n) is 17.9. The summed E-state index contributed by atoms with van der Waals surface area (Å²) < 4.78 is 37.2. The number of methoxy groups -OCH3 is 2. The molecule has 0 atom stereocenters. The fourth-order valence-corrected chi connectivity index (χ4v) is 4.01. The molecular formula is C23H24ClN3O4S. The summed E-state index contributed by atoms with van der Waals surface area (Å²) in [7, 11) is -0.206. The number of benzene rings is 3. The number of nitrogens with one attached hydrogen (secondary N) is 2. The smallest absolute Gasteiger partial charge is 0.232 e. The minimum Gasteiger partial charge on any atom is -0.497 e. The maximum Gasteiger partial charge on any atom is 0.232 e. The lowest BCUT2D eigenvalue weighted by Gasteiger charge is -2.17. The van der Waals surface area contributed by atoms with E-state index in [9.17, 15) is 8.42 Å². The van der Waals surface area contributed by atoms with Gasteiger partial charge in [0.15, 0.2) is 0 Å². The van der Waals surface area contributed by atoms with Crippen LogP contribution in [0.15, 0.2) is 60.7 Å². The van der Waals surface area contributed by atoms with Crippen LogP contribution in [-0.4, -0.2) is 33.4 Å². The first-order valence-corrected chi connectivity index (χ1v) is 11.4. The van der Waals surface area contributed by atoms with E-state index in [1.807, 2.05) is 42.5 Å². The van der Waals surface area contributed by atoms with Crippen LogP contribution < -0.4 is 19.5 Å². The third-order valence-corrected chi connectivity index (χ3v) is 6.31. The maximum absolute atomic E-state index is 11.9. The van der Waals surface area contributed by atoms with Crippen LogP contribution in [0.2, 0.25) is 0 Å². The average molecular weight is 474 g/mol. The van der Waals surface area contributed by atoms with E-state index in [2.05, 4.69) is 10.0 Å². The van der Waals surface area contributed by atoms with Crippen molar-refractivity contribution >= 4 is 61.3 Å². The van der Waals surface area contributed by atoms with Gasteiger partial charge in [-0.15, -0.1) is 12.4 Å². The predicted molar refractivity (Wildman–Crippen MR) is 132 cm³/mol. The predicted octanol–water partition coefficient (Wildman–Crippen LogP) is 5.33. The van der Waals surface area contributed by atoms with Crippen molar-refractivity contribution < 1.29 is 17.9 Å². The van der Waals surface area contributed by atoms with Crippen LogP contribution in [0.3, 0.4) is 0 Å². The Morgan fingerprint density at radius 3 is 2.38 bits per heavy atom. The Morgan fingerprint density at radius 2 is 1.66 bits per heavy atom. The lowest BCUT2D eigenvalue weighted by Crippen LogP contribution is -2.14. The zero-order valence-corrected chi connectivity index (χ0v) is 19.5. The largest absolute Gasteiger partial charge is 0.497 e. The number of para-hydroxylation sites is 1. The van der Waals surface area contributed by atoms with Gasteiger partial charge in [0.05, 0.1) is 48.1 Å². The quantitative estimate of drug-likeness (QED) is 0.352. The minimum absolute atomic E-state index is 0. The molecule has 4 aromatic rings. The fraction of sp³-hybridized carbons (Fsp3) is 0.174. The molecule has 0 unspecified atom stereocenters. The summed E-state index contributed by atoms with van der Waals surface area (Å²) in [6.07, 6.45) is 0. The van der Waals surface area contributed by atoms with Crippen molar-refractivity contribution in [1.82, 2.24) is 4.98 Å². The summed E-state index contributed by atoms with van der Waals surface area (Å²) in [5.41, 5.74) is 3.67. The maximum atomic E-state index is 11.9. The van der Waals surface area contributed by atoms with E-state index >= 15 is 0 Å². The topological polar surface area (TPSA) is 89.6 Å². The van der Waals surface area contributed by atoms with Crippen LogP contribution in [-0.2, 0) is 10.0 Å². The molecule has 32 heavy (non-hydrogen) atoms. The van der Waals surface area contributed by atoms with Gasteiger partial charge in [-0.25, -0.2) is 13.4 Å². The molecule has 0 spiro atoms. The summed E-state index contributed by atoms with van der Waals surface area (Å²) >= 11 is 0. The lowest BCUT2D eigenvalue weighted by atomic mass is 10.1. The van der Waals surface area contributed by atoms with E-state index in [4.69, 9.17) is 14.5 Å². The summed E-state index contributed by atoms with van der Waals surface area (Å²) in [6.45, 7) is 1.59. The molecular weight excluding hydrogens is 450 g/mol. The molecule has 7 nitrogen and oxygen atoms in total. The van der Waals surface area contributed by atoms with Crippen molar-refractivity contribution in [3.8, 4) is 11.5 Å². The number of ether oxygens (including phenoxy) is 2. The molecule has 4 rings (SSSR count). The Morgan fingerprint density at radius 1 is 0.906 bits per heavy atom. The SMILES string of the molecule is CCS(=O)(=O)Nc1ccc(Nc2c3ccccc3nc3cc(OC)ccc23)c(OC)c1.Cl. The summed E-state index contributed by atoms with van der Waals surface area (Å²) in [5.74, 6) is 1.23. The molecule has 0 aliphatic carbocycles. The molecule has 0 aliphatic heterocycles. The summed E-state index contributed by atoms with van der Waals surface area (Å²) in [5, 5.41) is 5.35. The number of nitrogens with zero attached hydrogens (tertiary/aromatic N) is 1. The number of anilines is 3. The molecule has 0 saturated carbocycles. The van der Waals surface area contributed by atoms with Crippen molar-refractivity contribution in [3.05, 3.63) is 60.7 Å². The van der Waals surface area contributed by atoms with Gasteiger partial charge in [-0.1, -0.05) is 18.2 Å². The first-order valence-electron chi connectivity index (χ1n) is 9.76. The van der Waals surface area contributed by atoms with E-state index in [1.54, 1.807) is 39.3 Å². The Labute approximate surface area is 193 Å². The number of halogens is 1. The highest BCUT2D eigenvalue weighted by Gasteiger charge is 2.14. The molecule has 0 radical (unpaired) electrons. The first-order chi connectivity index (χ1) is 14.9. The highest BCUT2D eigenvalue weighted by atomic mass is 35.5. The van der Waals surface area contributed by atoms with Gasteiger partial charge >= 0.3 is 0 Å². The Kier molecular flexibility index (Phi) is 6.96. The summed E-state index contributed by atoms with van der Waals surface area (Å²) in [6, 6.07) is 18.8. The monoisotopic (exact) mass is 473 g/mol. The van der Waals surface area contributed by atoms with E-state index < -0.39 is 10.0 Å². The number of pyridine rings is 1. The molecule has 0 aliphatic rings. The normalized spacial score (nSPS) is 11.1. The van der Waals surface area contributed by atoms with E-state index in [0.29, 0.717) is 17.1 Å². The second kappa shape index (κ2) is 9.50. The van der Waals surface area contributed by atoms with Crippen LogP contribution in [0, 0.1) is 0 Å². The van der Waals surface area contributed by atoms with Crippen molar-refractivity contribution in [2.75, 3.05) is 30.0 Å². The zero-order chi connectivity index (χ0) is 22.0. The van der Waals surface area contributed by atoms with E-state index in [1.165, 1.54) is 0 Å². The van der Waals surface area contributed by atoms with Crippen LogP contribution in [0.25, 0.3) is 21.8 Å².